The minimum Gasteiger partial charge on any atom is -0.391 e. The van der Waals surface area contributed by atoms with Gasteiger partial charge in [-0.1, -0.05) is 75.4 Å². The number of sulfonamides is 1. The smallest absolute Gasteiger partial charge is 0.278 e. The van der Waals surface area contributed by atoms with Crippen LogP contribution in [0, 0.1) is 12.3 Å². The lowest BCUT2D eigenvalue weighted by Gasteiger charge is -2.35. The van der Waals surface area contributed by atoms with Gasteiger partial charge in [-0.25, -0.2) is 28.1 Å². The summed E-state index contributed by atoms with van der Waals surface area (Å²) < 4.78 is 44.9. The summed E-state index contributed by atoms with van der Waals surface area (Å²) in [5, 5.41) is 19.0. The molecule has 6 rings (SSSR count). The molecule has 3 heterocycles. The number of nitrogens with one attached hydrogen (secondary N) is 4. The third kappa shape index (κ3) is 14.9. The van der Waals surface area contributed by atoms with Crippen LogP contribution in [0.3, 0.4) is 0 Å². The molecule has 3 atom stereocenters. The lowest BCUT2D eigenvalue weighted by molar-refractivity contribution is -0.144. The van der Waals surface area contributed by atoms with Crippen molar-refractivity contribution in [2.24, 2.45) is 5.41 Å². The Morgan fingerprint density at radius 3 is 2.19 bits per heavy atom. The number of carbonyl (C=O) groups excluding carboxylic acids is 4. The molecule has 0 aliphatic carbocycles. The van der Waals surface area contributed by atoms with E-state index >= 15 is 0 Å². The number of thiazole rings is 1. The first kappa shape index (κ1) is 52.2. The number of aliphatic hydroxyl groups excluding tert-OH is 1. The minimum absolute atomic E-state index is 0.0149. The third-order valence-corrected chi connectivity index (χ3v) is 13.4. The van der Waals surface area contributed by atoms with Gasteiger partial charge in [-0.3, -0.25) is 19.2 Å². The van der Waals surface area contributed by atoms with Gasteiger partial charge in [-0.15, -0.1) is 11.3 Å². The van der Waals surface area contributed by atoms with Crippen molar-refractivity contribution in [1.29, 1.82) is 0 Å². The van der Waals surface area contributed by atoms with Crippen molar-refractivity contribution in [2.45, 2.75) is 70.2 Å². The first-order chi connectivity index (χ1) is 33.0. The molecule has 19 nitrogen and oxygen atoms in total. The topological polar surface area (TPSA) is 266 Å². The molecule has 5 aromatic rings. The van der Waals surface area contributed by atoms with Crippen LogP contribution < -0.4 is 26.4 Å². The van der Waals surface area contributed by atoms with Crippen molar-refractivity contribution in [2.75, 3.05) is 63.8 Å². The minimum atomic E-state index is -3.86. The quantitative estimate of drug-likeness (QED) is 0.0507. The van der Waals surface area contributed by atoms with Gasteiger partial charge in [0, 0.05) is 43.7 Å². The monoisotopic (exact) mass is 985 g/mol. The second-order valence-corrected chi connectivity index (χ2v) is 19.9. The fraction of sp³-hybridized carbons (Fsp3) is 0.396. The first-order valence-electron chi connectivity index (χ1n) is 22.4. The van der Waals surface area contributed by atoms with Crippen molar-refractivity contribution in [3.05, 3.63) is 108 Å². The number of amides is 4. The highest BCUT2D eigenvalue weighted by atomic mass is 32.2. The number of nitrogens with zero attached hydrogens (tertiary/aromatic N) is 4. The number of carbonyl (C=O) groups is 4. The molecule has 21 heteroatoms. The number of anilines is 2. The van der Waals surface area contributed by atoms with Crippen LogP contribution >= 0.6 is 11.3 Å². The van der Waals surface area contributed by atoms with E-state index in [1.165, 1.54) is 23.2 Å². The number of benzene rings is 3. The molecule has 1 aliphatic heterocycles. The van der Waals surface area contributed by atoms with Gasteiger partial charge in [0.1, 0.15) is 12.1 Å². The van der Waals surface area contributed by atoms with E-state index in [-0.39, 0.29) is 94.4 Å². The number of aliphatic hydroxyl groups is 1. The molecule has 2 aromatic heterocycles. The molecule has 7 N–H and O–H groups in total. The zero-order chi connectivity index (χ0) is 49.6. The summed E-state index contributed by atoms with van der Waals surface area (Å²) >= 11 is 1.56. The second kappa shape index (κ2) is 24.4. The van der Waals surface area contributed by atoms with Crippen molar-refractivity contribution in [1.82, 2.24) is 35.2 Å². The Morgan fingerprint density at radius 1 is 0.884 bits per heavy atom. The standard InChI is InChI=1S/C48H59N9O10S2/c1-31-42(68-30-52-31)34-12-10-32(11-13-34)27-51-45(60)39-26-36(58)29-57(39)47(62)43(48(2,3)4)56-40(59)18-20-65-22-24-67-25-23-66-21-19-53-69(63,64)37-16-14-33(15-17-37)38-28-50-44(49)41(55-38)46(61)54-35-8-6-5-7-9-35/h5-17,28,30,36,39,43,53,58H,18-27,29H2,1-4H3,(H2,49,50)(H,51,60)(H,54,61)(H,56,59)/t36-,39+,43-/m1/s1. The Labute approximate surface area is 405 Å². The van der Waals surface area contributed by atoms with Crippen molar-refractivity contribution in [3.63, 3.8) is 0 Å². The number of hydrogen-bond acceptors (Lipinski definition) is 15. The average Bonchev–Trinajstić information content (AvgIpc) is 3.95. The molecule has 3 aromatic carbocycles. The maximum absolute atomic E-state index is 13.9. The lowest BCUT2D eigenvalue weighted by Crippen LogP contribution is -2.57. The maximum Gasteiger partial charge on any atom is 0.278 e. The molecule has 0 saturated carbocycles. The largest absolute Gasteiger partial charge is 0.391 e. The summed E-state index contributed by atoms with van der Waals surface area (Å²) in [5.74, 6) is -1.82. The van der Waals surface area contributed by atoms with Crippen LogP contribution in [0.25, 0.3) is 21.7 Å². The van der Waals surface area contributed by atoms with Gasteiger partial charge in [0.25, 0.3) is 5.91 Å². The molecule has 0 unspecified atom stereocenters. The Hall–Kier alpha value is -6.20. The summed E-state index contributed by atoms with van der Waals surface area (Å²) in [6, 6.07) is 20.7. The highest BCUT2D eigenvalue weighted by molar-refractivity contribution is 7.89. The van der Waals surface area contributed by atoms with Crippen LogP contribution in [0.2, 0.25) is 0 Å². The first-order valence-corrected chi connectivity index (χ1v) is 24.7. The normalized spacial score (nSPS) is 15.4. The van der Waals surface area contributed by atoms with E-state index in [2.05, 4.69) is 35.6 Å². The number of likely N-dealkylation sites (tertiary alicyclic amines) is 1. The van der Waals surface area contributed by atoms with Crippen LogP contribution in [0.15, 0.2) is 95.5 Å². The molecule has 0 spiro atoms. The lowest BCUT2D eigenvalue weighted by atomic mass is 9.85. The van der Waals surface area contributed by atoms with Crippen LogP contribution in [0.5, 0.6) is 0 Å². The molecule has 1 saturated heterocycles. The Balaban J connectivity index is 0.839. The van der Waals surface area contributed by atoms with E-state index in [4.69, 9.17) is 19.9 Å². The van der Waals surface area contributed by atoms with Gasteiger partial charge in [0.2, 0.25) is 27.7 Å². The van der Waals surface area contributed by atoms with Gasteiger partial charge in [-0.05, 0) is 47.7 Å². The maximum atomic E-state index is 13.9. The van der Waals surface area contributed by atoms with Gasteiger partial charge >= 0.3 is 0 Å². The number of hydrogen-bond donors (Lipinski definition) is 6. The van der Waals surface area contributed by atoms with E-state index in [9.17, 15) is 32.7 Å². The molecule has 4 amide bonds. The van der Waals surface area contributed by atoms with E-state index in [1.54, 1.807) is 53.2 Å². The summed E-state index contributed by atoms with van der Waals surface area (Å²) in [7, 11) is -3.86. The average molecular weight is 986 g/mol. The zero-order valence-electron chi connectivity index (χ0n) is 39.0. The Bertz CT molecular complexity index is 2630. The molecular weight excluding hydrogens is 927 g/mol. The molecule has 69 heavy (non-hydrogen) atoms. The zero-order valence-corrected chi connectivity index (χ0v) is 40.6. The summed E-state index contributed by atoms with van der Waals surface area (Å²) in [5.41, 5.74) is 11.3. The molecule has 1 fully saturated rings. The van der Waals surface area contributed by atoms with Gasteiger partial charge in [-0.2, -0.15) is 0 Å². The summed E-state index contributed by atoms with van der Waals surface area (Å²) in [6.07, 6.45) is 0.574. The Morgan fingerprint density at radius 2 is 1.54 bits per heavy atom. The Kier molecular flexibility index (Phi) is 18.4. The van der Waals surface area contributed by atoms with Crippen molar-refractivity contribution < 1.29 is 46.9 Å². The number of para-hydroxylation sites is 1. The molecular formula is C48H59N9O10S2. The fourth-order valence-corrected chi connectivity index (χ4v) is 9.10. The molecule has 1 aliphatic rings. The van der Waals surface area contributed by atoms with Gasteiger partial charge in [0.15, 0.2) is 11.5 Å². The van der Waals surface area contributed by atoms with E-state index in [1.807, 2.05) is 58.0 Å². The number of β-amino-alcohol motifs (C(OH)–C–C–N with tert-alkyl or cyclic N) is 1. The predicted molar refractivity (Wildman–Crippen MR) is 260 cm³/mol. The predicted octanol–water partition coefficient (Wildman–Crippen LogP) is 3.94. The van der Waals surface area contributed by atoms with Gasteiger partial charge in [0.05, 0.1) is 78.6 Å². The van der Waals surface area contributed by atoms with E-state index < -0.39 is 51.3 Å². The SMILES string of the molecule is Cc1ncsc1-c1ccc(CNC(=O)[C@@H]2C[C@@H](O)CN2C(=O)[C@@H](NC(=O)CCOCCOCCOCCNS(=O)(=O)c2ccc(-c3cnc(N)c(C(=O)Nc4ccccc4)n3)cc2)C(C)(C)C)cc1. The molecule has 368 valence electrons. The summed E-state index contributed by atoms with van der Waals surface area (Å²) in [4.78, 5) is 68.4. The van der Waals surface area contributed by atoms with Gasteiger partial charge < -0.3 is 45.9 Å². The van der Waals surface area contributed by atoms with Crippen LogP contribution in [0.1, 0.15) is 55.4 Å². The van der Waals surface area contributed by atoms with Crippen LogP contribution in [0.4, 0.5) is 11.5 Å². The van der Waals surface area contributed by atoms with E-state index in [0.29, 0.717) is 16.9 Å². The van der Waals surface area contributed by atoms with Crippen LogP contribution in [-0.2, 0) is 45.2 Å². The number of ether oxygens (including phenoxy) is 3. The number of nitrogens with two attached hydrogens (primary N) is 1. The number of aryl methyl sites for hydroxylation is 1. The highest BCUT2D eigenvalue weighted by Gasteiger charge is 2.44. The fourth-order valence-electron chi connectivity index (χ4n) is 7.27. The number of aromatic nitrogens is 3. The van der Waals surface area contributed by atoms with Crippen LogP contribution in [-0.4, -0.2) is 128 Å². The van der Waals surface area contributed by atoms with Crippen molar-refractivity contribution in [3.8, 4) is 21.7 Å². The second-order valence-electron chi connectivity index (χ2n) is 17.3. The molecule has 0 radical (unpaired) electrons. The third-order valence-electron chi connectivity index (χ3n) is 11.0. The number of rotatable bonds is 23. The molecule has 0 bridgehead atoms. The van der Waals surface area contributed by atoms with Crippen molar-refractivity contribution >= 4 is 56.5 Å². The van der Waals surface area contributed by atoms with E-state index in [0.717, 1.165) is 21.7 Å². The number of nitrogen functional groups attached to an aromatic ring is 1. The highest BCUT2D eigenvalue weighted by Crippen LogP contribution is 2.29. The summed E-state index contributed by atoms with van der Waals surface area (Å²) in [6.45, 7) is 8.65.